The number of carboxylic acids is 1. The van der Waals surface area contributed by atoms with Gasteiger partial charge in [-0.15, -0.1) is 0 Å². The minimum atomic E-state index is -1.07. The van der Waals surface area contributed by atoms with Crippen LogP contribution in [0.4, 0.5) is 0 Å². The van der Waals surface area contributed by atoms with Gasteiger partial charge < -0.3 is 19.7 Å². The van der Waals surface area contributed by atoms with Crippen molar-refractivity contribution in [1.29, 1.82) is 0 Å². The third-order valence-corrected chi connectivity index (χ3v) is 5.00. The van der Waals surface area contributed by atoms with Crippen molar-refractivity contribution in [2.45, 2.75) is 38.8 Å². The zero-order valence-corrected chi connectivity index (χ0v) is 14.0. The summed E-state index contributed by atoms with van der Waals surface area (Å²) in [5.41, 5.74) is -0.00713. The summed E-state index contributed by atoms with van der Waals surface area (Å²) in [7, 11) is 0. The van der Waals surface area contributed by atoms with Crippen LogP contribution in [0.5, 0.6) is 11.5 Å². The van der Waals surface area contributed by atoms with Gasteiger partial charge in [-0.3, -0.25) is 9.69 Å². The average molecular weight is 335 g/mol. The van der Waals surface area contributed by atoms with E-state index in [1.54, 1.807) is 0 Å². The van der Waals surface area contributed by atoms with E-state index in [9.17, 15) is 15.0 Å². The Morgan fingerprint density at radius 3 is 2.79 bits per heavy atom. The number of aliphatic hydroxyl groups excluding tert-OH is 1. The number of hydrogen-bond donors (Lipinski definition) is 2. The first-order valence-corrected chi connectivity index (χ1v) is 8.57. The SMILES string of the molecule is CCC[C@@]1(C(=O)O)CN(Cc2ccc3c(c2)OCCO3)CC[C@H]1O. The Kier molecular flexibility index (Phi) is 4.96. The molecule has 0 radical (unpaired) electrons. The minimum absolute atomic E-state index is 0.367. The predicted octanol–water partition coefficient (Wildman–Crippen LogP) is 1.90. The third-order valence-electron chi connectivity index (χ3n) is 5.00. The van der Waals surface area contributed by atoms with Crippen LogP contribution >= 0.6 is 0 Å². The highest BCUT2D eigenvalue weighted by Crippen LogP contribution is 2.37. The Labute approximate surface area is 142 Å². The van der Waals surface area contributed by atoms with Gasteiger partial charge in [-0.2, -0.15) is 0 Å². The number of carboxylic acid groups (broad SMARTS) is 1. The van der Waals surface area contributed by atoms with Gasteiger partial charge in [-0.1, -0.05) is 19.4 Å². The number of benzene rings is 1. The molecule has 2 heterocycles. The second-order valence-corrected chi connectivity index (χ2v) is 6.70. The molecule has 1 fully saturated rings. The Bertz CT molecular complexity index is 605. The molecule has 1 aromatic rings. The molecule has 0 amide bonds. The molecule has 2 atom stereocenters. The summed E-state index contributed by atoms with van der Waals surface area (Å²) >= 11 is 0. The van der Waals surface area contributed by atoms with Crippen molar-refractivity contribution in [2.75, 3.05) is 26.3 Å². The van der Waals surface area contributed by atoms with Crippen molar-refractivity contribution in [3.05, 3.63) is 23.8 Å². The normalized spacial score (nSPS) is 27.0. The summed E-state index contributed by atoms with van der Waals surface area (Å²) in [6, 6.07) is 5.85. The molecular weight excluding hydrogens is 310 g/mol. The lowest BCUT2D eigenvalue weighted by Gasteiger charge is -2.43. The van der Waals surface area contributed by atoms with Crippen molar-refractivity contribution in [3.63, 3.8) is 0 Å². The maximum atomic E-state index is 11.8. The van der Waals surface area contributed by atoms with Crippen LogP contribution in [0.3, 0.4) is 0 Å². The van der Waals surface area contributed by atoms with Gasteiger partial charge >= 0.3 is 5.97 Å². The second-order valence-electron chi connectivity index (χ2n) is 6.70. The topological polar surface area (TPSA) is 79.2 Å². The van der Waals surface area contributed by atoms with Gasteiger partial charge in [0.05, 0.1) is 6.10 Å². The van der Waals surface area contributed by atoms with Crippen molar-refractivity contribution in [1.82, 2.24) is 4.90 Å². The number of aliphatic hydroxyl groups is 1. The molecule has 0 aromatic heterocycles. The molecule has 24 heavy (non-hydrogen) atoms. The van der Waals surface area contributed by atoms with Crippen LogP contribution in [0, 0.1) is 5.41 Å². The van der Waals surface area contributed by atoms with Gasteiger partial charge in [0.1, 0.15) is 18.6 Å². The summed E-state index contributed by atoms with van der Waals surface area (Å²) in [6.07, 6.45) is 0.922. The number of likely N-dealkylation sites (tertiary alicyclic amines) is 1. The van der Waals surface area contributed by atoms with E-state index in [-0.39, 0.29) is 0 Å². The highest BCUT2D eigenvalue weighted by Gasteiger charge is 2.48. The molecule has 2 aliphatic heterocycles. The largest absolute Gasteiger partial charge is 0.486 e. The van der Waals surface area contributed by atoms with E-state index < -0.39 is 17.5 Å². The first-order valence-electron chi connectivity index (χ1n) is 8.57. The van der Waals surface area contributed by atoms with Gasteiger partial charge in [-0.25, -0.2) is 0 Å². The van der Waals surface area contributed by atoms with Gasteiger partial charge in [0.2, 0.25) is 0 Å². The Morgan fingerprint density at radius 2 is 2.08 bits per heavy atom. The van der Waals surface area contributed by atoms with Crippen molar-refractivity contribution in [3.8, 4) is 11.5 Å². The van der Waals surface area contributed by atoms with Crippen LogP contribution in [0.15, 0.2) is 18.2 Å². The number of ether oxygens (including phenoxy) is 2. The highest BCUT2D eigenvalue weighted by atomic mass is 16.6. The zero-order valence-electron chi connectivity index (χ0n) is 14.0. The predicted molar refractivity (Wildman–Crippen MR) is 88.3 cm³/mol. The van der Waals surface area contributed by atoms with E-state index in [0.717, 1.165) is 23.5 Å². The van der Waals surface area contributed by atoms with Crippen LogP contribution in [0.2, 0.25) is 0 Å². The second kappa shape index (κ2) is 6.99. The minimum Gasteiger partial charge on any atom is -0.486 e. The number of piperidine rings is 1. The zero-order chi connectivity index (χ0) is 17.2. The fourth-order valence-electron chi connectivity index (χ4n) is 3.75. The molecule has 0 spiro atoms. The van der Waals surface area contributed by atoms with Gasteiger partial charge in [-0.05, 0) is 30.5 Å². The van der Waals surface area contributed by atoms with Crippen LogP contribution in [-0.4, -0.2) is 53.5 Å². The number of rotatable bonds is 5. The lowest BCUT2D eigenvalue weighted by atomic mass is 9.74. The third kappa shape index (κ3) is 3.21. The fraction of sp³-hybridized carbons (Fsp3) is 0.611. The molecule has 3 rings (SSSR count). The number of hydrogen-bond acceptors (Lipinski definition) is 5. The Hall–Kier alpha value is -1.79. The van der Waals surface area contributed by atoms with Crippen LogP contribution in [-0.2, 0) is 11.3 Å². The molecule has 2 aliphatic rings. The van der Waals surface area contributed by atoms with Crippen molar-refractivity contribution in [2.24, 2.45) is 5.41 Å². The van der Waals surface area contributed by atoms with E-state index >= 15 is 0 Å². The lowest BCUT2D eigenvalue weighted by Crippen LogP contribution is -2.55. The van der Waals surface area contributed by atoms with Crippen LogP contribution < -0.4 is 9.47 Å². The Morgan fingerprint density at radius 1 is 1.33 bits per heavy atom. The molecule has 0 unspecified atom stereocenters. The molecule has 0 saturated carbocycles. The number of carbonyl (C=O) groups is 1. The molecule has 132 valence electrons. The first-order chi connectivity index (χ1) is 11.5. The summed E-state index contributed by atoms with van der Waals surface area (Å²) < 4.78 is 11.1. The standard InChI is InChI=1S/C18H25NO5/c1-2-6-18(17(21)22)12-19(7-5-16(18)20)11-13-3-4-14-15(10-13)24-9-8-23-14/h3-4,10,16,20H,2,5-9,11-12H2,1H3,(H,21,22)/t16-,18-/m1/s1. The Balaban J connectivity index is 1.74. The molecule has 0 bridgehead atoms. The molecule has 1 saturated heterocycles. The smallest absolute Gasteiger partial charge is 0.313 e. The van der Waals surface area contributed by atoms with E-state index in [1.165, 1.54) is 0 Å². The number of nitrogens with zero attached hydrogens (tertiary/aromatic N) is 1. The van der Waals surface area contributed by atoms with Gasteiger partial charge in [0.25, 0.3) is 0 Å². The molecule has 6 nitrogen and oxygen atoms in total. The van der Waals surface area contributed by atoms with E-state index in [4.69, 9.17) is 9.47 Å². The molecule has 1 aromatic carbocycles. The van der Waals surface area contributed by atoms with Crippen LogP contribution in [0.1, 0.15) is 31.7 Å². The van der Waals surface area contributed by atoms with E-state index in [1.807, 2.05) is 25.1 Å². The fourth-order valence-corrected chi connectivity index (χ4v) is 3.75. The number of aliphatic carboxylic acids is 1. The van der Waals surface area contributed by atoms with Gasteiger partial charge in [0.15, 0.2) is 11.5 Å². The number of fused-ring (bicyclic) bond motifs is 1. The molecule has 2 N–H and O–H groups in total. The van der Waals surface area contributed by atoms with Gasteiger partial charge in [0, 0.05) is 19.6 Å². The highest BCUT2D eigenvalue weighted by molar-refractivity contribution is 5.76. The van der Waals surface area contributed by atoms with Crippen LogP contribution in [0.25, 0.3) is 0 Å². The monoisotopic (exact) mass is 335 g/mol. The summed E-state index contributed by atoms with van der Waals surface area (Å²) in [5, 5.41) is 20.0. The summed E-state index contributed by atoms with van der Waals surface area (Å²) in [6.45, 7) is 4.76. The summed E-state index contributed by atoms with van der Waals surface area (Å²) in [4.78, 5) is 14.0. The average Bonchev–Trinajstić information content (AvgIpc) is 2.58. The summed E-state index contributed by atoms with van der Waals surface area (Å²) in [5.74, 6) is 0.600. The maximum Gasteiger partial charge on any atom is 0.313 e. The van der Waals surface area contributed by atoms with E-state index in [2.05, 4.69) is 4.90 Å². The van der Waals surface area contributed by atoms with E-state index in [0.29, 0.717) is 45.7 Å². The van der Waals surface area contributed by atoms with Crippen molar-refractivity contribution < 1.29 is 24.5 Å². The molecule has 0 aliphatic carbocycles. The molecular formula is C18H25NO5. The first kappa shape index (κ1) is 17.0. The maximum absolute atomic E-state index is 11.8. The lowest BCUT2D eigenvalue weighted by molar-refractivity contribution is -0.164. The van der Waals surface area contributed by atoms with Crippen molar-refractivity contribution >= 4 is 5.97 Å². The molecule has 6 heteroatoms. The quantitative estimate of drug-likeness (QED) is 0.855.